The van der Waals surface area contributed by atoms with E-state index in [1.54, 1.807) is 18.2 Å². The maximum Gasteiger partial charge on any atom is 0.164 e. The topological polar surface area (TPSA) is 50.2 Å². The molecule has 0 aliphatic heterocycles. The minimum atomic E-state index is -0.244. The molecule has 1 aliphatic rings. The predicted molar refractivity (Wildman–Crippen MR) is 79.8 cm³/mol. The third-order valence-electron chi connectivity index (χ3n) is 3.55. The van der Waals surface area contributed by atoms with E-state index in [1.165, 1.54) is 13.0 Å². The SMILES string of the molecule is CC(=O)c1c(O)c(C2=CCCC(F)=C2)nc2ccccc12. The van der Waals surface area contributed by atoms with Crippen LogP contribution in [-0.2, 0) is 0 Å². The number of allylic oxidation sites excluding steroid dienone is 4. The van der Waals surface area contributed by atoms with Gasteiger partial charge in [-0.05, 0) is 25.5 Å². The van der Waals surface area contributed by atoms with Crippen molar-refractivity contribution in [1.29, 1.82) is 0 Å². The van der Waals surface area contributed by atoms with Gasteiger partial charge in [0.05, 0.1) is 11.1 Å². The molecule has 0 saturated heterocycles. The minimum Gasteiger partial charge on any atom is -0.505 e. The van der Waals surface area contributed by atoms with Gasteiger partial charge in [-0.25, -0.2) is 9.37 Å². The third kappa shape index (κ3) is 2.33. The highest BCUT2D eigenvalue weighted by atomic mass is 19.1. The Hall–Kier alpha value is -2.49. The van der Waals surface area contributed by atoms with E-state index in [0.29, 0.717) is 29.3 Å². The predicted octanol–water partition coefficient (Wildman–Crippen LogP) is 4.17. The van der Waals surface area contributed by atoms with Crippen LogP contribution < -0.4 is 0 Å². The molecule has 0 saturated carbocycles. The van der Waals surface area contributed by atoms with Crippen molar-refractivity contribution in [3.8, 4) is 5.75 Å². The van der Waals surface area contributed by atoms with E-state index in [-0.39, 0.29) is 28.6 Å². The van der Waals surface area contributed by atoms with Crippen molar-refractivity contribution in [1.82, 2.24) is 4.98 Å². The summed E-state index contributed by atoms with van der Waals surface area (Å²) in [6.07, 6.45) is 4.10. The highest BCUT2D eigenvalue weighted by molar-refractivity contribution is 6.09. The quantitative estimate of drug-likeness (QED) is 0.841. The molecule has 1 heterocycles. The van der Waals surface area contributed by atoms with Crippen molar-refractivity contribution in [2.75, 3.05) is 0 Å². The number of aromatic hydroxyl groups is 1. The summed E-state index contributed by atoms with van der Waals surface area (Å²) in [5, 5.41) is 11.0. The van der Waals surface area contributed by atoms with Crippen molar-refractivity contribution in [2.24, 2.45) is 0 Å². The fraction of sp³-hybridized carbons (Fsp3) is 0.176. The van der Waals surface area contributed by atoms with Gasteiger partial charge in [0.15, 0.2) is 11.5 Å². The molecular weight excluding hydrogens is 269 g/mol. The van der Waals surface area contributed by atoms with Gasteiger partial charge in [0.2, 0.25) is 0 Å². The van der Waals surface area contributed by atoms with E-state index in [9.17, 15) is 14.3 Å². The van der Waals surface area contributed by atoms with E-state index in [2.05, 4.69) is 4.98 Å². The number of pyridine rings is 1. The van der Waals surface area contributed by atoms with Crippen molar-refractivity contribution in [2.45, 2.75) is 19.8 Å². The number of halogens is 1. The standard InChI is InChI=1S/C17H14FNO2/c1-10(20)15-13-7-2-3-8-14(13)19-16(17(15)21)11-5-4-6-12(18)9-11/h2-3,5,7-9,21H,4,6H2,1H3. The number of benzene rings is 1. The molecule has 0 spiro atoms. The lowest BCUT2D eigenvalue weighted by atomic mass is 9.97. The lowest BCUT2D eigenvalue weighted by molar-refractivity contribution is 0.101. The Balaban J connectivity index is 2.32. The van der Waals surface area contributed by atoms with Gasteiger partial charge >= 0.3 is 0 Å². The van der Waals surface area contributed by atoms with Gasteiger partial charge < -0.3 is 5.11 Å². The van der Waals surface area contributed by atoms with Crippen molar-refractivity contribution in [3.05, 3.63) is 53.5 Å². The first-order valence-corrected chi connectivity index (χ1v) is 6.77. The number of aromatic nitrogens is 1. The molecule has 1 aromatic heterocycles. The second kappa shape index (κ2) is 5.13. The number of carbonyl (C=O) groups excluding carboxylic acids is 1. The zero-order valence-electron chi connectivity index (χ0n) is 11.6. The average Bonchev–Trinajstić information content (AvgIpc) is 2.46. The van der Waals surface area contributed by atoms with Gasteiger partial charge in [0, 0.05) is 17.4 Å². The van der Waals surface area contributed by atoms with Gasteiger partial charge in [-0.2, -0.15) is 0 Å². The number of Topliss-reactive ketones (excluding diaryl/α,β-unsaturated/α-hetero) is 1. The van der Waals surface area contributed by atoms with Crippen LogP contribution >= 0.6 is 0 Å². The molecule has 3 nitrogen and oxygen atoms in total. The maximum absolute atomic E-state index is 13.5. The number of nitrogens with zero attached hydrogens (tertiary/aromatic N) is 1. The average molecular weight is 283 g/mol. The molecule has 1 N–H and O–H groups in total. The first-order valence-electron chi connectivity index (χ1n) is 6.77. The summed E-state index contributed by atoms with van der Waals surface area (Å²) in [6, 6.07) is 7.11. The number of ketones is 1. The summed E-state index contributed by atoms with van der Waals surface area (Å²) in [5.41, 5.74) is 1.62. The summed E-state index contributed by atoms with van der Waals surface area (Å²) in [7, 11) is 0. The van der Waals surface area contributed by atoms with Crippen molar-refractivity contribution in [3.63, 3.8) is 0 Å². The van der Waals surface area contributed by atoms with Crippen LogP contribution in [0.4, 0.5) is 4.39 Å². The molecule has 0 fully saturated rings. The van der Waals surface area contributed by atoms with Crippen LogP contribution in [0.15, 0.2) is 42.2 Å². The fourth-order valence-electron chi connectivity index (χ4n) is 2.59. The number of carbonyl (C=O) groups is 1. The van der Waals surface area contributed by atoms with E-state index in [1.807, 2.05) is 12.1 Å². The molecule has 1 aliphatic carbocycles. The molecule has 2 aromatic rings. The zero-order chi connectivity index (χ0) is 15.0. The number of rotatable bonds is 2. The summed E-state index contributed by atoms with van der Waals surface area (Å²) >= 11 is 0. The molecule has 106 valence electrons. The zero-order valence-corrected chi connectivity index (χ0v) is 11.6. The highest BCUT2D eigenvalue weighted by Gasteiger charge is 2.20. The molecule has 0 unspecified atom stereocenters. The van der Waals surface area contributed by atoms with Crippen LogP contribution in [0.5, 0.6) is 5.75 Å². The Morgan fingerprint density at radius 3 is 2.81 bits per heavy atom. The smallest absolute Gasteiger partial charge is 0.164 e. The maximum atomic E-state index is 13.5. The summed E-state index contributed by atoms with van der Waals surface area (Å²) in [5.74, 6) is -0.669. The number of hydrogen-bond acceptors (Lipinski definition) is 3. The van der Waals surface area contributed by atoms with Crippen LogP contribution in [0.2, 0.25) is 0 Å². The van der Waals surface area contributed by atoms with E-state index in [0.717, 1.165) is 0 Å². The number of hydrogen-bond donors (Lipinski definition) is 1. The Kier molecular flexibility index (Phi) is 3.29. The van der Waals surface area contributed by atoms with Crippen LogP contribution in [0.3, 0.4) is 0 Å². The summed E-state index contributed by atoms with van der Waals surface area (Å²) in [6.45, 7) is 1.40. The molecule has 0 radical (unpaired) electrons. The van der Waals surface area contributed by atoms with Gasteiger partial charge in [-0.3, -0.25) is 4.79 Å². The van der Waals surface area contributed by atoms with Crippen LogP contribution in [0.25, 0.3) is 16.5 Å². The Labute approximate surface area is 121 Å². The summed E-state index contributed by atoms with van der Waals surface area (Å²) in [4.78, 5) is 16.3. The number of para-hydroxylation sites is 1. The second-order valence-electron chi connectivity index (χ2n) is 5.05. The van der Waals surface area contributed by atoms with Gasteiger partial charge in [-0.1, -0.05) is 24.3 Å². The third-order valence-corrected chi connectivity index (χ3v) is 3.55. The van der Waals surface area contributed by atoms with Gasteiger partial charge in [-0.15, -0.1) is 0 Å². The Morgan fingerprint density at radius 2 is 2.10 bits per heavy atom. The van der Waals surface area contributed by atoms with Gasteiger partial charge in [0.25, 0.3) is 0 Å². The molecule has 0 bridgehead atoms. The highest BCUT2D eigenvalue weighted by Crippen LogP contribution is 2.36. The Bertz CT molecular complexity index is 806. The van der Waals surface area contributed by atoms with E-state index < -0.39 is 0 Å². The van der Waals surface area contributed by atoms with Crippen molar-refractivity contribution >= 4 is 22.3 Å². The lowest BCUT2D eigenvalue weighted by Gasteiger charge is -2.14. The fourth-order valence-corrected chi connectivity index (χ4v) is 2.59. The second-order valence-corrected chi connectivity index (χ2v) is 5.05. The van der Waals surface area contributed by atoms with Gasteiger partial charge in [0.1, 0.15) is 11.5 Å². The monoisotopic (exact) mass is 283 g/mol. The molecule has 1 aromatic carbocycles. The molecule has 3 rings (SSSR count). The molecular formula is C17H14FNO2. The first-order chi connectivity index (χ1) is 10.1. The molecule has 21 heavy (non-hydrogen) atoms. The minimum absolute atomic E-state index is 0.182. The lowest BCUT2D eigenvalue weighted by Crippen LogP contribution is -2.01. The van der Waals surface area contributed by atoms with E-state index >= 15 is 0 Å². The summed E-state index contributed by atoms with van der Waals surface area (Å²) < 4.78 is 13.5. The largest absolute Gasteiger partial charge is 0.505 e. The van der Waals surface area contributed by atoms with E-state index in [4.69, 9.17) is 0 Å². The Morgan fingerprint density at radius 1 is 1.33 bits per heavy atom. The molecule has 4 heteroatoms. The molecule has 0 atom stereocenters. The first kappa shape index (κ1) is 13.5. The van der Waals surface area contributed by atoms with Crippen LogP contribution in [0.1, 0.15) is 35.8 Å². The number of fused-ring (bicyclic) bond motifs is 1. The van der Waals surface area contributed by atoms with Crippen LogP contribution in [-0.4, -0.2) is 15.9 Å². The van der Waals surface area contributed by atoms with Crippen molar-refractivity contribution < 1.29 is 14.3 Å². The molecule has 0 amide bonds. The van der Waals surface area contributed by atoms with Crippen LogP contribution in [0, 0.1) is 0 Å². The normalized spacial score (nSPS) is 14.8.